The van der Waals surface area contributed by atoms with Gasteiger partial charge in [0.2, 0.25) is 5.91 Å². The number of nitrogens with zero attached hydrogens (tertiary/aromatic N) is 2. The van der Waals surface area contributed by atoms with Crippen LogP contribution < -0.4 is 5.32 Å². The summed E-state index contributed by atoms with van der Waals surface area (Å²) in [4.78, 5) is 16.2. The van der Waals surface area contributed by atoms with Crippen LogP contribution in [0.5, 0.6) is 0 Å². The second-order valence-corrected chi connectivity index (χ2v) is 4.68. The van der Waals surface area contributed by atoms with Crippen molar-refractivity contribution in [1.29, 1.82) is 0 Å². The van der Waals surface area contributed by atoms with Crippen LogP contribution in [0.15, 0.2) is 0 Å². The van der Waals surface area contributed by atoms with Crippen molar-refractivity contribution in [2.24, 2.45) is 0 Å². The Balaban J connectivity index is 1.77. The minimum absolute atomic E-state index is 0.321. The van der Waals surface area contributed by atoms with Gasteiger partial charge < -0.3 is 10.2 Å². The van der Waals surface area contributed by atoms with Crippen LogP contribution in [0.25, 0.3) is 0 Å². The summed E-state index contributed by atoms with van der Waals surface area (Å²) in [6, 6.07) is 0.519. The smallest absolute Gasteiger partial charge is 0.236 e. The molecule has 0 radical (unpaired) electrons. The summed E-state index contributed by atoms with van der Waals surface area (Å²) in [6.45, 7) is 7.75. The van der Waals surface area contributed by atoms with Crippen LogP contribution in [0.1, 0.15) is 19.8 Å². The highest BCUT2D eigenvalue weighted by Crippen LogP contribution is 2.08. The van der Waals surface area contributed by atoms with E-state index in [9.17, 15) is 4.79 Å². The Morgan fingerprint density at radius 3 is 2.73 bits per heavy atom. The fraction of sp³-hybridized carbons (Fsp3) is 0.909. The number of carbonyl (C=O) groups excluding carboxylic acids is 1. The second kappa shape index (κ2) is 4.94. The maximum atomic E-state index is 11.9. The van der Waals surface area contributed by atoms with E-state index < -0.39 is 0 Å². The van der Waals surface area contributed by atoms with Gasteiger partial charge >= 0.3 is 0 Å². The van der Waals surface area contributed by atoms with Crippen molar-refractivity contribution >= 4 is 5.91 Å². The van der Waals surface area contributed by atoms with Crippen LogP contribution in [0.3, 0.4) is 0 Å². The van der Waals surface area contributed by atoms with E-state index in [1.807, 2.05) is 4.90 Å². The van der Waals surface area contributed by atoms with Gasteiger partial charge in [-0.25, -0.2) is 0 Å². The molecule has 1 unspecified atom stereocenters. The number of carbonyl (C=O) groups is 1. The number of likely N-dealkylation sites (tertiary alicyclic amines) is 1. The molecule has 0 spiro atoms. The predicted molar refractivity (Wildman–Crippen MR) is 59.7 cm³/mol. The van der Waals surface area contributed by atoms with E-state index >= 15 is 0 Å². The van der Waals surface area contributed by atoms with Gasteiger partial charge in [-0.1, -0.05) is 0 Å². The number of piperazine rings is 1. The summed E-state index contributed by atoms with van der Waals surface area (Å²) in [6.07, 6.45) is 2.37. The summed E-state index contributed by atoms with van der Waals surface area (Å²) in [5.41, 5.74) is 0. The first-order valence-corrected chi connectivity index (χ1v) is 5.99. The van der Waals surface area contributed by atoms with Crippen molar-refractivity contribution in [1.82, 2.24) is 15.1 Å². The maximum Gasteiger partial charge on any atom is 0.236 e. The average molecular weight is 211 g/mol. The number of nitrogens with one attached hydrogen (secondary N) is 1. The SMILES string of the molecule is CC1CN(CC(=O)N2CCCC2)CCN1. The van der Waals surface area contributed by atoms with E-state index in [4.69, 9.17) is 0 Å². The Morgan fingerprint density at radius 1 is 1.33 bits per heavy atom. The summed E-state index contributed by atoms with van der Waals surface area (Å²) in [5.74, 6) is 0.321. The number of hydrogen-bond donors (Lipinski definition) is 1. The Hall–Kier alpha value is -0.610. The van der Waals surface area contributed by atoms with Gasteiger partial charge in [0.15, 0.2) is 0 Å². The highest BCUT2D eigenvalue weighted by Gasteiger charge is 2.22. The predicted octanol–water partition coefficient (Wildman–Crippen LogP) is -0.0975. The molecular weight excluding hydrogens is 190 g/mol. The van der Waals surface area contributed by atoms with Gasteiger partial charge in [-0.3, -0.25) is 9.69 Å². The van der Waals surface area contributed by atoms with Crippen LogP contribution in [0.2, 0.25) is 0 Å². The number of rotatable bonds is 2. The lowest BCUT2D eigenvalue weighted by atomic mass is 10.2. The van der Waals surface area contributed by atoms with Crippen molar-refractivity contribution in [3.05, 3.63) is 0 Å². The molecule has 2 fully saturated rings. The van der Waals surface area contributed by atoms with Crippen molar-refractivity contribution in [2.45, 2.75) is 25.8 Å². The van der Waals surface area contributed by atoms with E-state index in [2.05, 4.69) is 17.1 Å². The molecule has 86 valence electrons. The first-order valence-electron chi connectivity index (χ1n) is 5.99. The molecule has 2 aliphatic heterocycles. The molecule has 4 nitrogen and oxygen atoms in total. The van der Waals surface area contributed by atoms with Crippen molar-refractivity contribution in [2.75, 3.05) is 39.3 Å². The average Bonchev–Trinajstić information content (AvgIpc) is 2.70. The minimum Gasteiger partial charge on any atom is -0.342 e. The van der Waals surface area contributed by atoms with E-state index in [0.29, 0.717) is 18.5 Å². The lowest BCUT2D eigenvalue weighted by Crippen LogP contribution is -2.52. The molecule has 0 aromatic heterocycles. The van der Waals surface area contributed by atoms with Crippen LogP contribution in [-0.4, -0.2) is 61.0 Å². The monoisotopic (exact) mass is 211 g/mol. The molecule has 2 rings (SSSR count). The van der Waals surface area contributed by atoms with Gasteiger partial charge in [-0.2, -0.15) is 0 Å². The van der Waals surface area contributed by atoms with Crippen LogP contribution in [-0.2, 0) is 4.79 Å². The van der Waals surface area contributed by atoms with Crippen LogP contribution in [0, 0.1) is 0 Å². The summed E-state index contributed by atoms with van der Waals surface area (Å²) in [7, 11) is 0. The summed E-state index contributed by atoms with van der Waals surface area (Å²) in [5, 5.41) is 3.39. The number of amides is 1. The Bertz CT molecular complexity index is 226. The third-order valence-electron chi connectivity index (χ3n) is 3.27. The van der Waals surface area contributed by atoms with Gasteiger partial charge in [0.25, 0.3) is 0 Å². The summed E-state index contributed by atoms with van der Waals surface area (Å²) >= 11 is 0. The van der Waals surface area contributed by atoms with Gasteiger partial charge in [0.1, 0.15) is 0 Å². The molecule has 2 heterocycles. The van der Waals surface area contributed by atoms with Gasteiger partial charge in [-0.15, -0.1) is 0 Å². The lowest BCUT2D eigenvalue weighted by Gasteiger charge is -2.32. The lowest BCUT2D eigenvalue weighted by molar-refractivity contribution is -0.131. The first kappa shape index (κ1) is 10.9. The maximum absolute atomic E-state index is 11.9. The van der Waals surface area contributed by atoms with Gasteiger partial charge in [0.05, 0.1) is 6.54 Å². The van der Waals surface area contributed by atoms with Crippen molar-refractivity contribution in [3.8, 4) is 0 Å². The molecule has 1 N–H and O–H groups in total. The Labute approximate surface area is 91.6 Å². The molecule has 0 aromatic carbocycles. The van der Waals surface area contributed by atoms with Gasteiger partial charge in [-0.05, 0) is 19.8 Å². The summed E-state index contributed by atoms with van der Waals surface area (Å²) < 4.78 is 0. The van der Waals surface area contributed by atoms with E-state index in [-0.39, 0.29) is 0 Å². The van der Waals surface area contributed by atoms with E-state index in [0.717, 1.165) is 32.7 Å². The molecule has 0 aliphatic carbocycles. The molecule has 2 saturated heterocycles. The molecule has 0 bridgehead atoms. The second-order valence-electron chi connectivity index (χ2n) is 4.68. The molecule has 4 heteroatoms. The number of hydrogen-bond acceptors (Lipinski definition) is 3. The zero-order chi connectivity index (χ0) is 10.7. The normalized spacial score (nSPS) is 28.3. The van der Waals surface area contributed by atoms with E-state index in [1.54, 1.807) is 0 Å². The zero-order valence-electron chi connectivity index (χ0n) is 9.54. The molecule has 0 saturated carbocycles. The van der Waals surface area contributed by atoms with E-state index in [1.165, 1.54) is 12.8 Å². The quantitative estimate of drug-likeness (QED) is 0.693. The van der Waals surface area contributed by atoms with Crippen LogP contribution in [0.4, 0.5) is 0 Å². The standard InChI is InChI=1S/C11H21N3O/c1-10-8-13(7-4-12-10)9-11(15)14-5-2-3-6-14/h10,12H,2-9H2,1H3. The molecular formula is C11H21N3O. The molecule has 2 aliphatic rings. The molecule has 15 heavy (non-hydrogen) atoms. The topological polar surface area (TPSA) is 35.6 Å². The third-order valence-corrected chi connectivity index (χ3v) is 3.27. The molecule has 1 atom stereocenters. The Kier molecular flexibility index (Phi) is 3.59. The Morgan fingerprint density at radius 2 is 2.07 bits per heavy atom. The van der Waals surface area contributed by atoms with Crippen molar-refractivity contribution in [3.63, 3.8) is 0 Å². The first-order chi connectivity index (χ1) is 7.25. The fourth-order valence-corrected chi connectivity index (χ4v) is 2.41. The van der Waals surface area contributed by atoms with Gasteiger partial charge in [0, 0.05) is 38.8 Å². The highest BCUT2D eigenvalue weighted by atomic mass is 16.2. The minimum atomic E-state index is 0.321. The van der Waals surface area contributed by atoms with Crippen molar-refractivity contribution < 1.29 is 4.79 Å². The largest absolute Gasteiger partial charge is 0.342 e. The fourth-order valence-electron chi connectivity index (χ4n) is 2.41. The highest BCUT2D eigenvalue weighted by molar-refractivity contribution is 5.78. The molecule has 1 amide bonds. The zero-order valence-corrected chi connectivity index (χ0v) is 9.54. The molecule has 0 aromatic rings. The van der Waals surface area contributed by atoms with Crippen LogP contribution >= 0.6 is 0 Å². The third kappa shape index (κ3) is 2.92.